The molecule has 1 aromatic rings. The van der Waals surface area contributed by atoms with Gasteiger partial charge in [0.1, 0.15) is 5.75 Å². The summed E-state index contributed by atoms with van der Waals surface area (Å²) in [6.07, 6.45) is 0.283. The maximum Gasteiger partial charge on any atom is 0.228 e. The monoisotopic (exact) mass is 361 g/mol. The molecule has 2 fully saturated rings. The number of ether oxygens (including phenoxy) is 2. The van der Waals surface area contributed by atoms with Crippen molar-refractivity contribution in [2.45, 2.75) is 12.5 Å². The molecular formula is C19H27N3O4. The summed E-state index contributed by atoms with van der Waals surface area (Å²) in [6.45, 7) is 3.57. The fourth-order valence-electron chi connectivity index (χ4n) is 3.78. The van der Waals surface area contributed by atoms with Crippen LogP contribution in [-0.2, 0) is 14.3 Å². The largest absolute Gasteiger partial charge is 0.496 e. The Bertz CT molecular complexity index is 651. The van der Waals surface area contributed by atoms with Crippen LogP contribution in [-0.4, -0.2) is 75.2 Å². The molecule has 3 rings (SSSR count). The molecule has 1 N–H and O–H groups in total. The molecule has 26 heavy (non-hydrogen) atoms. The second kappa shape index (κ2) is 8.51. The first kappa shape index (κ1) is 18.7. The van der Waals surface area contributed by atoms with Crippen LogP contribution in [0, 0.1) is 5.92 Å². The molecule has 7 nitrogen and oxygen atoms in total. The number of piperazine rings is 1. The topological polar surface area (TPSA) is 71.1 Å². The van der Waals surface area contributed by atoms with E-state index in [4.69, 9.17) is 9.47 Å². The van der Waals surface area contributed by atoms with Gasteiger partial charge >= 0.3 is 0 Å². The summed E-state index contributed by atoms with van der Waals surface area (Å²) in [7, 11) is 3.26. The number of nitrogens with one attached hydrogen (secondary N) is 1. The van der Waals surface area contributed by atoms with Crippen LogP contribution in [0.25, 0.3) is 0 Å². The first-order valence-electron chi connectivity index (χ1n) is 9.06. The first-order chi connectivity index (χ1) is 12.7. The minimum absolute atomic E-state index is 0.0318. The van der Waals surface area contributed by atoms with Gasteiger partial charge in [-0.05, 0) is 6.07 Å². The van der Waals surface area contributed by atoms with E-state index >= 15 is 0 Å². The zero-order valence-electron chi connectivity index (χ0n) is 15.4. The van der Waals surface area contributed by atoms with E-state index < -0.39 is 0 Å². The van der Waals surface area contributed by atoms with Crippen LogP contribution in [0.3, 0.4) is 0 Å². The highest BCUT2D eigenvalue weighted by atomic mass is 16.5. The smallest absolute Gasteiger partial charge is 0.228 e. The molecule has 2 saturated heterocycles. The van der Waals surface area contributed by atoms with Crippen LogP contribution in [0.15, 0.2) is 24.3 Å². The van der Waals surface area contributed by atoms with Crippen LogP contribution in [0.2, 0.25) is 0 Å². The average molecular weight is 361 g/mol. The van der Waals surface area contributed by atoms with E-state index in [1.54, 1.807) is 19.1 Å². The van der Waals surface area contributed by atoms with Crippen molar-refractivity contribution in [1.29, 1.82) is 0 Å². The van der Waals surface area contributed by atoms with Crippen LogP contribution < -0.4 is 10.1 Å². The standard InChI is InChI=1S/C19H27N3O4/c1-25-10-9-21-13-14(11-18(21)23)19(24)22-8-7-20-12-16(22)15-5-3-4-6-17(15)26-2/h3-6,14,16,20H,7-13H2,1-2H3. The number of hydrogen-bond acceptors (Lipinski definition) is 5. The molecule has 2 atom stereocenters. The summed E-state index contributed by atoms with van der Waals surface area (Å²) in [4.78, 5) is 29.0. The molecule has 2 amide bonds. The van der Waals surface area contributed by atoms with E-state index in [0.717, 1.165) is 17.9 Å². The van der Waals surface area contributed by atoms with Gasteiger partial charge < -0.3 is 24.6 Å². The molecular weight excluding hydrogens is 334 g/mol. The van der Waals surface area contributed by atoms with E-state index in [0.29, 0.717) is 32.8 Å². The number of para-hydroxylation sites is 1. The molecule has 0 radical (unpaired) electrons. The van der Waals surface area contributed by atoms with E-state index in [1.165, 1.54) is 0 Å². The number of carbonyl (C=O) groups excluding carboxylic acids is 2. The third kappa shape index (κ3) is 3.83. The van der Waals surface area contributed by atoms with Crippen molar-refractivity contribution in [2.75, 3.05) is 53.6 Å². The fourth-order valence-corrected chi connectivity index (χ4v) is 3.78. The Hall–Kier alpha value is -2.12. The van der Waals surface area contributed by atoms with E-state index in [1.807, 2.05) is 29.2 Å². The normalized spacial score (nSPS) is 23.4. The summed E-state index contributed by atoms with van der Waals surface area (Å²) in [5.41, 5.74) is 0.996. The highest BCUT2D eigenvalue weighted by Gasteiger charge is 2.39. The SMILES string of the molecule is COCCN1CC(C(=O)N2CCNCC2c2ccccc2OC)CC1=O. The van der Waals surface area contributed by atoms with Gasteiger partial charge in [0.2, 0.25) is 11.8 Å². The first-order valence-corrected chi connectivity index (χ1v) is 9.06. The molecule has 0 bridgehead atoms. The second-order valence-corrected chi connectivity index (χ2v) is 6.73. The number of likely N-dealkylation sites (tertiary alicyclic amines) is 1. The number of nitrogens with zero attached hydrogens (tertiary/aromatic N) is 2. The summed E-state index contributed by atoms with van der Waals surface area (Å²) in [5, 5.41) is 3.36. The minimum atomic E-state index is -0.283. The van der Waals surface area contributed by atoms with Crippen LogP contribution >= 0.6 is 0 Å². The maximum atomic E-state index is 13.2. The zero-order valence-corrected chi connectivity index (χ0v) is 15.4. The Morgan fingerprint density at radius 1 is 1.31 bits per heavy atom. The fraction of sp³-hybridized carbons (Fsp3) is 0.579. The van der Waals surface area contributed by atoms with Crippen molar-refractivity contribution in [3.05, 3.63) is 29.8 Å². The highest BCUT2D eigenvalue weighted by molar-refractivity contribution is 5.89. The van der Waals surface area contributed by atoms with Gasteiger partial charge in [-0.1, -0.05) is 18.2 Å². The third-order valence-electron chi connectivity index (χ3n) is 5.15. The van der Waals surface area contributed by atoms with Gasteiger partial charge in [-0.2, -0.15) is 0 Å². The van der Waals surface area contributed by atoms with Crippen molar-refractivity contribution >= 4 is 11.8 Å². The lowest BCUT2D eigenvalue weighted by molar-refractivity contribution is -0.139. The third-order valence-corrected chi connectivity index (χ3v) is 5.15. The number of carbonyl (C=O) groups is 2. The van der Waals surface area contributed by atoms with Gasteiger partial charge in [-0.3, -0.25) is 9.59 Å². The molecule has 2 aliphatic heterocycles. The van der Waals surface area contributed by atoms with E-state index in [2.05, 4.69) is 5.32 Å². The molecule has 2 unspecified atom stereocenters. The average Bonchev–Trinajstić information content (AvgIpc) is 3.06. The molecule has 2 heterocycles. The van der Waals surface area contributed by atoms with Gasteiger partial charge in [-0.15, -0.1) is 0 Å². The quantitative estimate of drug-likeness (QED) is 0.806. The molecule has 7 heteroatoms. The Labute approximate surface area is 154 Å². The molecule has 0 aromatic heterocycles. The lowest BCUT2D eigenvalue weighted by Gasteiger charge is -2.38. The molecule has 0 spiro atoms. The maximum absolute atomic E-state index is 13.2. The summed E-state index contributed by atoms with van der Waals surface area (Å²) < 4.78 is 10.5. The molecule has 0 aliphatic carbocycles. The predicted octanol–water partition coefficient (Wildman–Crippen LogP) is 0.663. The minimum Gasteiger partial charge on any atom is -0.496 e. The molecule has 142 valence electrons. The van der Waals surface area contributed by atoms with Crippen molar-refractivity contribution in [3.8, 4) is 5.75 Å². The highest BCUT2D eigenvalue weighted by Crippen LogP contribution is 2.32. The lowest BCUT2D eigenvalue weighted by Crippen LogP contribution is -2.50. The van der Waals surface area contributed by atoms with Crippen molar-refractivity contribution < 1.29 is 19.1 Å². The lowest BCUT2D eigenvalue weighted by atomic mass is 9.99. The van der Waals surface area contributed by atoms with E-state index in [-0.39, 0.29) is 30.2 Å². The second-order valence-electron chi connectivity index (χ2n) is 6.73. The molecule has 0 saturated carbocycles. The van der Waals surface area contributed by atoms with Crippen LogP contribution in [0.5, 0.6) is 5.75 Å². The van der Waals surface area contributed by atoms with Gasteiger partial charge in [0.15, 0.2) is 0 Å². The summed E-state index contributed by atoms with van der Waals surface area (Å²) in [5.74, 6) is 0.581. The molecule has 2 aliphatic rings. The summed E-state index contributed by atoms with van der Waals surface area (Å²) >= 11 is 0. The summed E-state index contributed by atoms with van der Waals surface area (Å²) in [6, 6.07) is 7.71. The van der Waals surface area contributed by atoms with Crippen molar-refractivity contribution in [3.63, 3.8) is 0 Å². The van der Waals surface area contributed by atoms with Crippen molar-refractivity contribution in [2.24, 2.45) is 5.92 Å². The molecule has 1 aromatic carbocycles. The van der Waals surface area contributed by atoms with Crippen LogP contribution in [0.4, 0.5) is 0 Å². The Balaban J connectivity index is 1.75. The van der Waals surface area contributed by atoms with Gasteiger partial charge in [0.25, 0.3) is 0 Å². The number of methoxy groups -OCH3 is 2. The Morgan fingerprint density at radius 2 is 2.12 bits per heavy atom. The van der Waals surface area contributed by atoms with Gasteiger partial charge in [-0.25, -0.2) is 0 Å². The van der Waals surface area contributed by atoms with Crippen LogP contribution in [0.1, 0.15) is 18.0 Å². The van der Waals surface area contributed by atoms with Gasteiger partial charge in [0, 0.05) is 51.8 Å². The van der Waals surface area contributed by atoms with E-state index in [9.17, 15) is 9.59 Å². The number of benzene rings is 1. The van der Waals surface area contributed by atoms with Gasteiger partial charge in [0.05, 0.1) is 25.7 Å². The predicted molar refractivity (Wildman–Crippen MR) is 96.9 cm³/mol. The number of rotatable bonds is 6. The number of amides is 2. The zero-order chi connectivity index (χ0) is 18.5. The van der Waals surface area contributed by atoms with Crippen molar-refractivity contribution in [1.82, 2.24) is 15.1 Å². The number of hydrogen-bond donors (Lipinski definition) is 1. The Kier molecular flexibility index (Phi) is 6.11. The Morgan fingerprint density at radius 3 is 2.88 bits per heavy atom.